The minimum Gasteiger partial charge on any atom is -0.341 e. The lowest BCUT2D eigenvalue weighted by Crippen LogP contribution is -2.41. The number of nitrogens with zero attached hydrogens (tertiary/aromatic N) is 2. The predicted molar refractivity (Wildman–Crippen MR) is 83.1 cm³/mol. The summed E-state index contributed by atoms with van der Waals surface area (Å²) in [5.41, 5.74) is 1.09. The van der Waals surface area contributed by atoms with Crippen molar-refractivity contribution in [3.8, 4) is 0 Å². The predicted octanol–water partition coefficient (Wildman–Crippen LogP) is 2.15. The van der Waals surface area contributed by atoms with Crippen LogP contribution in [0.15, 0.2) is 16.8 Å². The maximum Gasteiger partial charge on any atom is 0.227 e. The Morgan fingerprint density at radius 3 is 2.52 bits per heavy atom. The molecule has 5 heteroatoms. The Bertz CT molecular complexity index is 496. The molecule has 4 nitrogen and oxygen atoms in total. The van der Waals surface area contributed by atoms with Gasteiger partial charge in [-0.3, -0.25) is 9.59 Å². The summed E-state index contributed by atoms with van der Waals surface area (Å²) < 4.78 is 0. The van der Waals surface area contributed by atoms with Gasteiger partial charge in [-0.05, 0) is 41.7 Å². The van der Waals surface area contributed by atoms with Gasteiger partial charge in [0, 0.05) is 32.1 Å². The molecule has 1 aromatic rings. The molecule has 21 heavy (non-hydrogen) atoms. The second-order valence-corrected chi connectivity index (χ2v) is 6.78. The van der Waals surface area contributed by atoms with Crippen LogP contribution in [-0.2, 0) is 16.0 Å². The van der Waals surface area contributed by atoms with E-state index in [-0.39, 0.29) is 11.8 Å². The molecule has 2 amide bonds. The van der Waals surface area contributed by atoms with Crippen molar-refractivity contribution >= 4 is 23.2 Å². The van der Waals surface area contributed by atoms with E-state index in [1.54, 1.807) is 11.3 Å². The molecule has 0 radical (unpaired) electrons. The molecule has 0 bridgehead atoms. The Morgan fingerprint density at radius 2 is 1.86 bits per heavy atom. The zero-order valence-electron chi connectivity index (χ0n) is 12.3. The van der Waals surface area contributed by atoms with Crippen LogP contribution in [0.1, 0.15) is 31.2 Å². The fourth-order valence-electron chi connectivity index (χ4n) is 2.98. The molecule has 114 valence electrons. The summed E-state index contributed by atoms with van der Waals surface area (Å²) in [6, 6.07) is 2.01. The molecule has 1 aliphatic heterocycles. The van der Waals surface area contributed by atoms with Gasteiger partial charge in [0.2, 0.25) is 11.8 Å². The first-order chi connectivity index (χ1) is 10.2. The van der Waals surface area contributed by atoms with Crippen molar-refractivity contribution in [2.75, 3.05) is 26.2 Å². The number of hydrogen-bond acceptors (Lipinski definition) is 3. The van der Waals surface area contributed by atoms with Crippen molar-refractivity contribution in [3.63, 3.8) is 0 Å². The summed E-state index contributed by atoms with van der Waals surface area (Å²) in [4.78, 5) is 28.5. The van der Waals surface area contributed by atoms with Crippen molar-refractivity contribution < 1.29 is 9.59 Å². The molecule has 0 atom stereocenters. The van der Waals surface area contributed by atoms with E-state index in [1.807, 2.05) is 26.6 Å². The van der Waals surface area contributed by atoms with E-state index in [0.717, 1.165) is 37.9 Å². The molecule has 0 N–H and O–H groups in total. The molecule has 1 saturated heterocycles. The normalized spacial score (nSPS) is 20.0. The van der Waals surface area contributed by atoms with Crippen LogP contribution >= 0.6 is 11.3 Å². The molecule has 2 heterocycles. The van der Waals surface area contributed by atoms with E-state index in [4.69, 9.17) is 0 Å². The Kier molecular flexibility index (Phi) is 4.58. The highest BCUT2D eigenvalue weighted by molar-refractivity contribution is 7.07. The van der Waals surface area contributed by atoms with Gasteiger partial charge in [-0.1, -0.05) is 6.42 Å². The van der Waals surface area contributed by atoms with Crippen LogP contribution < -0.4 is 0 Å². The van der Waals surface area contributed by atoms with Crippen LogP contribution in [0.2, 0.25) is 0 Å². The number of rotatable bonds is 3. The highest BCUT2D eigenvalue weighted by Gasteiger charge is 2.30. The van der Waals surface area contributed by atoms with Crippen molar-refractivity contribution in [2.24, 2.45) is 5.92 Å². The van der Waals surface area contributed by atoms with Gasteiger partial charge in [-0.25, -0.2) is 0 Å². The van der Waals surface area contributed by atoms with E-state index in [2.05, 4.69) is 0 Å². The van der Waals surface area contributed by atoms with Gasteiger partial charge in [-0.2, -0.15) is 11.3 Å². The standard InChI is InChI=1S/C16H22N2O2S/c19-15(11-13-5-10-21-12-13)17-6-2-7-18(9-8-17)16(20)14-3-1-4-14/h5,10,12,14H,1-4,6-9,11H2. The van der Waals surface area contributed by atoms with Gasteiger partial charge >= 0.3 is 0 Å². The summed E-state index contributed by atoms with van der Waals surface area (Å²) in [6.07, 6.45) is 4.68. The van der Waals surface area contributed by atoms with Crippen LogP contribution in [-0.4, -0.2) is 47.8 Å². The Labute approximate surface area is 129 Å². The fourth-order valence-corrected chi connectivity index (χ4v) is 3.65. The van der Waals surface area contributed by atoms with Crippen molar-refractivity contribution in [1.29, 1.82) is 0 Å². The molecule has 0 unspecified atom stereocenters. The lowest BCUT2D eigenvalue weighted by atomic mass is 9.84. The van der Waals surface area contributed by atoms with Crippen molar-refractivity contribution in [3.05, 3.63) is 22.4 Å². The maximum absolute atomic E-state index is 12.3. The number of thiophene rings is 1. The largest absolute Gasteiger partial charge is 0.341 e. The van der Waals surface area contributed by atoms with Gasteiger partial charge in [-0.15, -0.1) is 0 Å². The third-order valence-corrected chi connectivity index (χ3v) is 5.28. The molecule has 0 aromatic carbocycles. The summed E-state index contributed by atoms with van der Waals surface area (Å²) in [5, 5.41) is 4.03. The molecule has 2 fully saturated rings. The third kappa shape index (κ3) is 3.46. The Morgan fingerprint density at radius 1 is 1.10 bits per heavy atom. The first-order valence-corrected chi connectivity index (χ1v) is 8.76. The van der Waals surface area contributed by atoms with E-state index in [0.29, 0.717) is 25.4 Å². The van der Waals surface area contributed by atoms with Crippen molar-refractivity contribution in [1.82, 2.24) is 9.80 Å². The molecule has 2 aliphatic rings. The summed E-state index contributed by atoms with van der Waals surface area (Å²) >= 11 is 1.63. The average molecular weight is 306 g/mol. The quantitative estimate of drug-likeness (QED) is 0.858. The first kappa shape index (κ1) is 14.6. The molecule has 1 aliphatic carbocycles. The molecular weight excluding hydrogens is 284 g/mol. The SMILES string of the molecule is O=C(Cc1ccsc1)N1CCCN(C(=O)C2CCC2)CC1. The van der Waals surface area contributed by atoms with Crippen LogP contribution in [0.4, 0.5) is 0 Å². The number of amides is 2. The highest BCUT2D eigenvalue weighted by atomic mass is 32.1. The minimum absolute atomic E-state index is 0.186. The van der Waals surface area contributed by atoms with E-state index in [1.165, 1.54) is 6.42 Å². The molecule has 1 saturated carbocycles. The Hall–Kier alpha value is -1.36. The van der Waals surface area contributed by atoms with Crippen LogP contribution in [0.5, 0.6) is 0 Å². The second-order valence-electron chi connectivity index (χ2n) is 6.00. The van der Waals surface area contributed by atoms with Crippen LogP contribution in [0.3, 0.4) is 0 Å². The van der Waals surface area contributed by atoms with Crippen LogP contribution in [0, 0.1) is 5.92 Å². The summed E-state index contributed by atoms with van der Waals surface area (Å²) in [5.74, 6) is 0.762. The van der Waals surface area contributed by atoms with Gasteiger partial charge in [0.15, 0.2) is 0 Å². The maximum atomic E-state index is 12.3. The number of carbonyl (C=O) groups excluding carboxylic acids is 2. The van der Waals surface area contributed by atoms with Gasteiger partial charge < -0.3 is 9.80 Å². The lowest BCUT2D eigenvalue weighted by Gasteiger charge is -2.31. The Balaban J connectivity index is 1.52. The van der Waals surface area contributed by atoms with Crippen molar-refractivity contribution in [2.45, 2.75) is 32.1 Å². The molecule has 1 aromatic heterocycles. The zero-order valence-corrected chi connectivity index (χ0v) is 13.1. The van der Waals surface area contributed by atoms with E-state index in [9.17, 15) is 9.59 Å². The molecule has 3 rings (SSSR count). The minimum atomic E-state index is 0.186. The van der Waals surface area contributed by atoms with Crippen LogP contribution in [0.25, 0.3) is 0 Å². The third-order valence-electron chi connectivity index (χ3n) is 4.55. The topological polar surface area (TPSA) is 40.6 Å². The second kappa shape index (κ2) is 6.60. The summed E-state index contributed by atoms with van der Waals surface area (Å²) in [7, 11) is 0. The summed E-state index contributed by atoms with van der Waals surface area (Å²) in [6.45, 7) is 2.96. The number of carbonyl (C=O) groups is 2. The van der Waals surface area contributed by atoms with E-state index < -0.39 is 0 Å². The molecular formula is C16H22N2O2S. The molecule has 0 spiro atoms. The monoisotopic (exact) mass is 306 g/mol. The fraction of sp³-hybridized carbons (Fsp3) is 0.625. The lowest BCUT2D eigenvalue weighted by molar-refractivity contribution is -0.138. The van der Waals surface area contributed by atoms with Gasteiger partial charge in [0.1, 0.15) is 0 Å². The smallest absolute Gasteiger partial charge is 0.227 e. The zero-order chi connectivity index (χ0) is 14.7. The average Bonchev–Trinajstić information content (AvgIpc) is 2.78. The van der Waals surface area contributed by atoms with Gasteiger partial charge in [0.05, 0.1) is 6.42 Å². The highest BCUT2D eigenvalue weighted by Crippen LogP contribution is 2.28. The number of hydrogen-bond donors (Lipinski definition) is 0. The first-order valence-electron chi connectivity index (χ1n) is 7.81. The van der Waals surface area contributed by atoms with E-state index >= 15 is 0 Å². The van der Waals surface area contributed by atoms with Gasteiger partial charge in [0.25, 0.3) is 0 Å².